The molecule has 0 amide bonds. The van der Waals surface area contributed by atoms with Crippen LogP contribution >= 0.6 is 0 Å². The SMILES string of the molecule is COc1cccc(S(=O)(=O)N2CCCC[C@H]2c2nc(-c3ccncc3)n[nH]2)c1. The molecule has 4 rings (SSSR count). The molecule has 8 nitrogen and oxygen atoms in total. The lowest BCUT2D eigenvalue weighted by Gasteiger charge is -2.33. The van der Waals surface area contributed by atoms with E-state index in [1.807, 2.05) is 12.1 Å². The molecule has 1 aliphatic rings. The molecule has 1 N–H and O–H groups in total. The average molecular weight is 399 g/mol. The smallest absolute Gasteiger partial charge is 0.243 e. The fourth-order valence-corrected chi connectivity index (χ4v) is 5.11. The zero-order valence-corrected chi connectivity index (χ0v) is 16.3. The zero-order chi connectivity index (χ0) is 19.6. The minimum Gasteiger partial charge on any atom is -0.497 e. The van der Waals surface area contributed by atoms with Gasteiger partial charge in [0.25, 0.3) is 0 Å². The maximum Gasteiger partial charge on any atom is 0.243 e. The zero-order valence-electron chi connectivity index (χ0n) is 15.4. The van der Waals surface area contributed by atoms with Gasteiger partial charge in [-0.2, -0.15) is 9.40 Å². The largest absolute Gasteiger partial charge is 0.497 e. The highest BCUT2D eigenvalue weighted by Crippen LogP contribution is 2.35. The number of piperidine rings is 1. The van der Waals surface area contributed by atoms with Crippen molar-refractivity contribution >= 4 is 10.0 Å². The number of H-pyrrole nitrogens is 1. The lowest BCUT2D eigenvalue weighted by Crippen LogP contribution is -2.39. The van der Waals surface area contributed by atoms with Crippen molar-refractivity contribution in [2.45, 2.75) is 30.2 Å². The molecule has 9 heteroatoms. The molecule has 0 spiro atoms. The fourth-order valence-electron chi connectivity index (χ4n) is 3.42. The number of hydrogen-bond donors (Lipinski definition) is 1. The molecule has 1 fully saturated rings. The summed E-state index contributed by atoms with van der Waals surface area (Å²) in [5, 5.41) is 7.21. The van der Waals surface area contributed by atoms with E-state index in [9.17, 15) is 8.42 Å². The van der Waals surface area contributed by atoms with Gasteiger partial charge in [0.15, 0.2) is 5.82 Å². The van der Waals surface area contributed by atoms with Crippen LogP contribution in [0.4, 0.5) is 0 Å². The number of sulfonamides is 1. The van der Waals surface area contributed by atoms with Gasteiger partial charge in [-0.25, -0.2) is 13.4 Å². The first-order chi connectivity index (χ1) is 13.6. The van der Waals surface area contributed by atoms with Gasteiger partial charge in [0.1, 0.15) is 11.6 Å². The molecule has 0 aliphatic carbocycles. The predicted octanol–water partition coefficient (Wildman–Crippen LogP) is 2.79. The lowest BCUT2D eigenvalue weighted by atomic mass is 10.0. The van der Waals surface area contributed by atoms with Crippen molar-refractivity contribution in [3.63, 3.8) is 0 Å². The van der Waals surface area contributed by atoms with E-state index in [1.165, 1.54) is 11.4 Å². The van der Waals surface area contributed by atoms with Gasteiger partial charge in [0.05, 0.1) is 18.0 Å². The second kappa shape index (κ2) is 7.69. The van der Waals surface area contributed by atoms with Crippen LogP contribution < -0.4 is 4.74 Å². The highest BCUT2D eigenvalue weighted by molar-refractivity contribution is 7.89. The molecule has 2 aromatic heterocycles. The van der Waals surface area contributed by atoms with Crippen LogP contribution in [0.3, 0.4) is 0 Å². The number of aromatic nitrogens is 4. The minimum atomic E-state index is -3.69. The summed E-state index contributed by atoms with van der Waals surface area (Å²) in [7, 11) is -2.17. The van der Waals surface area contributed by atoms with Crippen LogP contribution in [-0.4, -0.2) is 46.5 Å². The Balaban J connectivity index is 1.68. The second-order valence-corrected chi connectivity index (χ2v) is 8.48. The Kier molecular flexibility index (Phi) is 5.10. The lowest BCUT2D eigenvalue weighted by molar-refractivity contribution is 0.247. The molecule has 1 aromatic carbocycles. The maximum atomic E-state index is 13.3. The van der Waals surface area contributed by atoms with E-state index in [2.05, 4.69) is 20.2 Å². The minimum absolute atomic E-state index is 0.215. The number of methoxy groups -OCH3 is 1. The molecule has 3 heterocycles. The summed E-state index contributed by atoms with van der Waals surface area (Å²) in [5.74, 6) is 1.59. The molecule has 146 valence electrons. The first-order valence-electron chi connectivity index (χ1n) is 9.08. The topological polar surface area (TPSA) is 101 Å². The Hall–Kier alpha value is -2.78. The van der Waals surface area contributed by atoms with Crippen molar-refractivity contribution < 1.29 is 13.2 Å². The van der Waals surface area contributed by atoms with Crippen LogP contribution in [0.25, 0.3) is 11.4 Å². The number of benzene rings is 1. The maximum absolute atomic E-state index is 13.3. The normalized spacial score (nSPS) is 18.1. The van der Waals surface area contributed by atoms with E-state index in [1.54, 1.807) is 36.7 Å². The van der Waals surface area contributed by atoms with Crippen LogP contribution in [-0.2, 0) is 10.0 Å². The summed E-state index contributed by atoms with van der Waals surface area (Å²) in [6.07, 6.45) is 5.77. The first-order valence-corrected chi connectivity index (χ1v) is 10.5. The third-order valence-electron chi connectivity index (χ3n) is 4.86. The first kappa shape index (κ1) is 18.6. The molecule has 1 atom stereocenters. The van der Waals surface area contributed by atoms with E-state index < -0.39 is 10.0 Å². The molecule has 0 unspecified atom stereocenters. The molecular weight excluding hydrogens is 378 g/mol. The number of ether oxygens (including phenoxy) is 1. The number of nitrogens with one attached hydrogen (secondary N) is 1. The van der Waals surface area contributed by atoms with Crippen molar-refractivity contribution in [3.05, 3.63) is 54.6 Å². The van der Waals surface area contributed by atoms with Crippen LogP contribution in [0.1, 0.15) is 31.1 Å². The van der Waals surface area contributed by atoms with Crippen molar-refractivity contribution in [2.24, 2.45) is 0 Å². The molecular formula is C19H21N5O3S. The van der Waals surface area contributed by atoms with Gasteiger partial charge < -0.3 is 4.74 Å². The molecule has 0 bridgehead atoms. The molecule has 0 radical (unpaired) electrons. The second-order valence-electron chi connectivity index (χ2n) is 6.59. The molecule has 0 saturated carbocycles. The van der Waals surface area contributed by atoms with Gasteiger partial charge in [-0.05, 0) is 37.1 Å². The summed E-state index contributed by atoms with van der Waals surface area (Å²) in [6.45, 7) is 0.440. The summed E-state index contributed by atoms with van der Waals surface area (Å²) in [5.41, 5.74) is 0.829. The summed E-state index contributed by atoms with van der Waals surface area (Å²) in [6, 6.07) is 9.80. The van der Waals surface area contributed by atoms with Crippen LogP contribution in [0.2, 0.25) is 0 Å². The quantitative estimate of drug-likeness (QED) is 0.708. The Morgan fingerprint density at radius 1 is 1.18 bits per heavy atom. The van der Waals surface area contributed by atoms with Gasteiger partial charge in [-0.3, -0.25) is 10.1 Å². The van der Waals surface area contributed by atoms with Crippen molar-refractivity contribution in [1.82, 2.24) is 24.5 Å². The van der Waals surface area contributed by atoms with Crippen molar-refractivity contribution in [2.75, 3.05) is 13.7 Å². The summed E-state index contributed by atoms with van der Waals surface area (Å²) < 4.78 is 33.3. The van der Waals surface area contributed by atoms with Gasteiger partial charge in [-0.15, -0.1) is 0 Å². The Morgan fingerprint density at radius 3 is 2.79 bits per heavy atom. The third kappa shape index (κ3) is 3.50. The van der Waals surface area contributed by atoms with Crippen LogP contribution in [0, 0.1) is 0 Å². The number of nitrogens with zero attached hydrogens (tertiary/aromatic N) is 4. The van der Waals surface area contributed by atoms with E-state index in [-0.39, 0.29) is 10.9 Å². The van der Waals surface area contributed by atoms with E-state index in [0.29, 0.717) is 30.4 Å². The highest BCUT2D eigenvalue weighted by Gasteiger charge is 2.36. The van der Waals surface area contributed by atoms with Gasteiger partial charge >= 0.3 is 0 Å². The van der Waals surface area contributed by atoms with Gasteiger partial charge in [-0.1, -0.05) is 12.5 Å². The third-order valence-corrected chi connectivity index (χ3v) is 6.76. The number of pyridine rings is 1. The standard InChI is InChI=1S/C19H21N5O3S/c1-27-15-5-4-6-16(13-15)28(25,26)24-12-3-2-7-17(24)19-21-18(22-23-19)14-8-10-20-11-9-14/h4-6,8-11,13,17H,2-3,7,12H2,1H3,(H,21,22,23)/t17-/m0/s1. The van der Waals surface area contributed by atoms with E-state index in [4.69, 9.17) is 4.74 Å². The predicted molar refractivity (Wildman–Crippen MR) is 103 cm³/mol. The molecule has 1 aliphatic heterocycles. The van der Waals surface area contributed by atoms with E-state index >= 15 is 0 Å². The van der Waals surface area contributed by atoms with Crippen LogP contribution in [0.5, 0.6) is 5.75 Å². The Morgan fingerprint density at radius 2 is 2.00 bits per heavy atom. The van der Waals surface area contributed by atoms with Crippen molar-refractivity contribution in [1.29, 1.82) is 0 Å². The molecule has 28 heavy (non-hydrogen) atoms. The van der Waals surface area contributed by atoms with Gasteiger partial charge in [0, 0.05) is 30.6 Å². The monoisotopic (exact) mass is 399 g/mol. The van der Waals surface area contributed by atoms with Crippen molar-refractivity contribution in [3.8, 4) is 17.1 Å². The Bertz CT molecular complexity index is 1050. The average Bonchev–Trinajstić information content (AvgIpc) is 3.24. The molecule has 3 aromatic rings. The highest BCUT2D eigenvalue weighted by atomic mass is 32.2. The Labute approximate surface area is 163 Å². The molecule has 1 saturated heterocycles. The van der Waals surface area contributed by atoms with Gasteiger partial charge in [0.2, 0.25) is 10.0 Å². The van der Waals surface area contributed by atoms with E-state index in [0.717, 1.165) is 18.4 Å². The number of hydrogen-bond acceptors (Lipinski definition) is 6. The number of rotatable bonds is 5. The van der Waals surface area contributed by atoms with Crippen LogP contribution in [0.15, 0.2) is 53.7 Å². The fraction of sp³-hybridized carbons (Fsp3) is 0.316. The summed E-state index contributed by atoms with van der Waals surface area (Å²) in [4.78, 5) is 8.78. The summed E-state index contributed by atoms with van der Waals surface area (Å²) >= 11 is 0. The number of aromatic amines is 1.